The fourth-order valence-electron chi connectivity index (χ4n) is 2.81. The van der Waals surface area contributed by atoms with Gasteiger partial charge in [0.15, 0.2) is 0 Å². The number of esters is 1. The quantitative estimate of drug-likeness (QED) is 0.544. The molecule has 0 radical (unpaired) electrons. The Labute approximate surface area is 176 Å². The summed E-state index contributed by atoms with van der Waals surface area (Å²) in [5, 5.41) is 2.63. The Bertz CT molecular complexity index is 1070. The van der Waals surface area contributed by atoms with Crippen molar-refractivity contribution >= 4 is 17.6 Å². The van der Waals surface area contributed by atoms with Gasteiger partial charge in [0, 0.05) is 17.3 Å². The average Bonchev–Trinajstić information content (AvgIpc) is 2.77. The number of nitrogens with one attached hydrogen (secondary N) is 1. The molecule has 0 aliphatic rings. The van der Waals surface area contributed by atoms with Gasteiger partial charge in [-0.2, -0.15) is 13.2 Å². The first-order valence-electron chi connectivity index (χ1n) is 9.16. The van der Waals surface area contributed by atoms with Crippen LogP contribution in [-0.4, -0.2) is 19.0 Å². The predicted octanol–water partition coefficient (Wildman–Crippen LogP) is 5.25. The molecule has 0 aromatic heterocycles. The third kappa shape index (κ3) is 5.63. The molecule has 5 nitrogen and oxygen atoms in total. The van der Waals surface area contributed by atoms with Crippen LogP contribution in [0.4, 0.5) is 18.9 Å². The number of hydrogen-bond acceptors (Lipinski definition) is 4. The zero-order valence-electron chi connectivity index (χ0n) is 16.3. The van der Waals surface area contributed by atoms with Crippen molar-refractivity contribution in [2.24, 2.45) is 0 Å². The standard InChI is InChI=1S/C23H18F3NO4/c1-30-19-12-6-11-18(14-19)27-21(28)20(15-7-3-2-4-8-15)31-22(29)16-9-5-10-17(13-16)23(24,25)26/h2-14,20H,1H3,(H,27,28)/t20-/m0/s1. The van der Waals surface area contributed by atoms with Crippen molar-refractivity contribution in [3.05, 3.63) is 95.6 Å². The van der Waals surface area contributed by atoms with E-state index < -0.39 is 29.7 Å². The predicted molar refractivity (Wildman–Crippen MR) is 108 cm³/mol. The van der Waals surface area contributed by atoms with Gasteiger partial charge < -0.3 is 14.8 Å². The van der Waals surface area contributed by atoms with E-state index in [9.17, 15) is 22.8 Å². The largest absolute Gasteiger partial charge is 0.497 e. The molecule has 0 saturated carbocycles. The third-order valence-corrected chi connectivity index (χ3v) is 4.33. The summed E-state index contributed by atoms with van der Waals surface area (Å²) in [7, 11) is 1.48. The molecule has 160 valence electrons. The Morgan fingerprint density at radius 2 is 1.61 bits per heavy atom. The number of halogens is 3. The summed E-state index contributed by atoms with van der Waals surface area (Å²) in [5.74, 6) is -1.21. The molecule has 8 heteroatoms. The van der Waals surface area contributed by atoms with E-state index in [0.717, 1.165) is 12.1 Å². The zero-order valence-corrected chi connectivity index (χ0v) is 16.3. The number of carbonyl (C=O) groups is 2. The highest BCUT2D eigenvalue weighted by molar-refractivity contribution is 5.98. The van der Waals surface area contributed by atoms with E-state index in [1.54, 1.807) is 54.6 Å². The number of hydrogen-bond donors (Lipinski definition) is 1. The van der Waals surface area contributed by atoms with E-state index in [0.29, 0.717) is 23.1 Å². The van der Waals surface area contributed by atoms with Crippen LogP contribution >= 0.6 is 0 Å². The smallest absolute Gasteiger partial charge is 0.416 e. The van der Waals surface area contributed by atoms with Crippen molar-refractivity contribution in [3.63, 3.8) is 0 Å². The summed E-state index contributed by atoms with van der Waals surface area (Å²) in [6.45, 7) is 0. The van der Waals surface area contributed by atoms with Gasteiger partial charge in [-0.1, -0.05) is 42.5 Å². The topological polar surface area (TPSA) is 64.6 Å². The van der Waals surface area contributed by atoms with Crippen molar-refractivity contribution < 1.29 is 32.2 Å². The third-order valence-electron chi connectivity index (χ3n) is 4.33. The Balaban J connectivity index is 1.86. The lowest BCUT2D eigenvalue weighted by Crippen LogP contribution is -2.26. The van der Waals surface area contributed by atoms with E-state index in [1.807, 2.05) is 0 Å². The van der Waals surface area contributed by atoms with Gasteiger partial charge in [-0.3, -0.25) is 4.79 Å². The van der Waals surface area contributed by atoms with Gasteiger partial charge in [-0.25, -0.2) is 4.79 Å². The molecule has 31 heavy (non-hydrogen) atoms. The maximum Gasteiger partial charge on any atom is 0.416 e. The Kier molecular flexibility index (Phi) is 6.59. The minimum atomic E-state index is -4.61. The van der Waals surface area contributed by atoms with Crippen molar-refractivity contribution in [2.45, 2.75) is 12.3 Å². The summed E-state index contributed by atoms with van der Waals surface area (Å²) >= 11 is 0. The molecule has 0 saturated heterocycles. The number of benzene rings is 3. The molecule has 0 aliphatic carbocycles. The van der Waals surface area contributed by atoms with Crippen molar-refractivity contribution in [3.8, 4) is 5.75 Å². The lowest BCUT2D eigenvalue weighted by Gasteiger charge is -2.19. The minimum absolute atomic E-state index is 0.315. The van der Waals surface area contributed by atoms with Crippen LogP contribution in [0.1, 0.15) is 27.6 Å². The molecule has 0 heterocycles. The van der Waals surface area contributed by atoms with Crippen LogP contribution in [0, 0.1) is 0 Å². The highest BCUT2D eigenvalue weighted by Gasteiger charge is 2.32. The lowest BCUT2D eigenvalue weighted by molar-refractivity contribution is -0.137. The molecular formula is C23H18F3NO4. The normalized spacial score (nSPS) is 12.0. The number of anilines is 1. The molecule has 0 unspecified atom stereocenters. The number of ether oxygens (including phenoxy) is 2. The van der Waals surface area contributed by atoms with Gasteiger partial charge in [-0.15, -0.1) is 0 Å². The molecule has 1 amide bonds. The Morgan fingerprint density at radius 1 is 0.903 bits per heavy atom. The van der Waals surface area contributed by atoms with E-state index >= 15 is 0 Å². The highest BCUT2D eigenvalue weighted by atomic mass is 19.4. The van der Waals surface area contributed by atoms with Gasteiger partial charge in [0.1, 0.15) is 5.75 Å². The number of carbonyl (C=O) groups excluding carboxylic acids is 2. The number of rotatable bonds is 6. The van der Waals surface area contributed by atoms with Crippen molar-refractivity contribution in [2.75, 3.05) is 12.4 Å². The zero-order chi connectivity index (χ0) is 22.4. The second-order valence-corrected chi connectivity index (χ2v) is 6.50. The Morgan fingerprint density at radius 3 is 2.29 bits per heavy atom. The molecule has 0 spiro atoms. The van der Waals surface area contributed by atoms with Gasteiger partial charge in [0.25, 0.3) is 5.91 Å². The SMILES string of the molecule is COc1cccc(NC(=O)[C@@H](OC(=O)c2cccc(C(F)(F)F)c2)c2ccccc2)c1. The maximum absolute atomic E-state index is 13.0. The van der Waals surface area contributed by atoms with Crippen molar-refractivity contribution in [1.29, 1.82) is 0 Å². The fourth-order valence-corrected chi connectivity index (χ4v) is 2.81. The molecular weight excluding hydrogens is 411 g/mol. The summed E-state index contributed by atoms with van der Waals surface area (Å²) in [6, 6.07) is 18.6. The average molecular weight is 429 g/mol. The monoisotopic (exact) mass is 429 g/mol. The first-order chi connectivity index (χ1) is 14.8. The minimum Gasteiger partial charge on any atom is -0.497 e. The van der Waals surface area contributed by atoms with Crippen LogP contribution in [0.25, 0.3) is 0 Å². The molecule has 1 atom stereocenters. The summed E-state index contributed by atoms with van der Waals surface area (Å²) in [4.78, 5) is 25.5. The van der Waals surface area contributed by atoms with Crippen LogP contribution in [-0.2, 0) is 15.7 Å². The second kappa shape index (κ2) is 9.34. The number of alkyl halides is 3. The Hall–Kier alpha value is -3.81. The number of amides is 1. The van der Waals surface area contributed by atoms with Gasteiger partial charge in [0.2, 0.25) is 6.10 Å². The van der Waals surface area contributed by atoms with Crippen LogP contribution < -0.4 is 10.1 Å². The summed E-state index contributed by atoms with van der Waals surface area (Å²) < 4.78 is 49.3. The molecule has 0 fully saturated rings. The highest BCUT2D eigenvalue weighted by Crippen LogP contribution is 2.30. The van der Waals surface area contributed by atoms with Gasteiger partial charge in [-0.05, 0) is 30.3 Å². The van der Waals surface area contributed by atoms with E-state index in [1.165, 1.54) is 13.2 Å². The molecule has 1 N–H and O–H groups in total. The van der Waals surface area contributed by atoms with Gasteiger partial charge in [0.05, 0.1) is 18.2 Å². The van der Waals surface area contributed by atoms with Crippen LogP contribution in [0.3, 0.4) is 0 Å². The van der Waals surface area contributed by atoms with E-state index in [-0.39, 0.29) is 5.56 Å². The molecule has 3 aromatic carbocycles. The maximum atomic E-state index is 13.0. The number of methoxy groups -OCH3 is 1. The summed E-state index contributed by atoms with van der Waals surface area (Å²) in [5.41, 5.74) is -0.535. The van der Waals surface area contributed by atoms with Crippen LogP contribution in [0.2, 0.25) is 0 Å². The lowest BCUT2D eigenvalue weighted by atomic mass is 10.1. The van der Waals surface area contributed by atoms with Crippen LogP contribution in [0.15, 0.2) is 78.9 Å². The van der Waals surface area contributed by atoms with E-state index in [2.05, 4.69) is 5.32 Å². The van der Waals surface area contributed by atoms with E-state index in [4.69, 9.17) is 9.47 Å². The molecule has 0 bridgehead atoms. The molecule has 0 aliphatic heterocycles. The van der Waals surface area contributed by atoms with Gasteiger partial charge >= 0.3 is 12.1 Å². The molecule has 3 rings (SSSR count). The molecule has 3 aromatic rings. The second-order valence-electron chi connectivity index (χ2n) is 6.50. The first-order valence-corrected chi connectivity index (χ1v) is 9.16. The van der Waals surface area contributed by atoms with Crippen molar-refractivity contribution in [1.82, 2.24) is 0 Å². The first kappa shape index (κ1) is 21.9. The van der Waals surface area contributed by atoms with Crippen LogP contribution in [0.5, 0.6) is 5.75 Å². The summed E-state index contributed by atoms with van der Waals surface area (Å²) in [6.07, 6.45) is -5.99. The fraction of sp³-hybridized carbons (Fsp3) is 0.130.